The number of aryl methyl sites for hydroxylation is 1. The van der Waals surface area contributed by atoms with Crippen LogP contribution < -0.4 is 4.74 Å². The highest BCUT2D eigenvalue weighted by Gasteiger charge is 2.16. The van der Waals surface area contributed by atoms with Crippen LogP contribution in [0.5, 0.6) is 5.75 Å². The lowest BCUT2D eigenvalue weighted by molar-refractivity contribution is 0.404. The van der Waals surface area contributed by atoms with Crippen molar-refractivity contribution >= 4 is 11.9 Å². The number of methoxy groups -OCH3 is 1. The minimum Gasteiger partial charge on any atom is -0.496 e. The largest absolute Gasteiger partial charge is 0.496 e. The van der Waals surface area contributed by atoms with Crippen LogP contribution in [0.15, 0.2) is 12.1 Å². The van der Waals surface area contributed by atoms with E-state index in [-0.39, 0.29) is 11.6 Å². The highest BCUT2D eigenvalue weighted by molar-refractivity contribution is 5.99. The zero-order valence-corrected chi connectivity index (χ0v) is 11.5. The monoisotopic (exact) mass is 267 g/mol. The highest BCUT2D eigenvalue weighted by Crippen LogP contribution is 2.24. The molecule has 5 nitrogen and oxygen atoms in total. The Hall–Kier alpha value is -2.11. The van der Waals surface area contributed by atoms with Crippen molar-refractivity contribution in [1.82, 2.24) is 4.90 Å². The number of hydrogen-bond acceptors (Lipinski definition) is 4. The summed E-state index contributed by atoms with van der Waals surface area (Å²) in [6.45, 7) is 1.89. The standard InChI is InChI=1S/C13H18FN3O2/c1-5-8-6-10(14)9(7-11(8)18-4)12(15)19-13(16)17(2)3/h6-7,15-16H,5H2,1-4H3. The van der Waals surface area contributed by atoms with Crippen LogP contribution in [-0.2, 0) is 11.2 Å². The van der Waals surface area contributed by atoms with E-state index in [0.29, 0.717) is 12.2 Å². The van der Waals surface area contributed by atoms with Gasteiger partial charge in [-0.1, -0.05) is 6.92 Å². The molecule has 19 heavy (non-hydrogen) atoms. The summed E-state index contributed by atoms with van der Waals surface area (Å²) in [5.74, 6) is -0.477. The van der Waals surface area contributed by atoms with E-state index >= 15 is 0 Å². The fourth-order valence-electron chi connectivity index (χ4n) is 1.48. The van der Waals surface area contributed by atoms with E-state index in [1.54, 1.807) is 14.1 Å². The first-order valence-corrected chi connectivity index (χ1v) is 5.79. The summed E-state index contributed by atoms with van der Waals surface area (Å²) in [7, 11) is 4.70. The van der Waals surface area contributed by atoms with Crippen LogP contribution in [0, 0.1) is 16.6 Å². The number of amidine groups is 1. The lowest BCUT2D eigenvalue weighted by atomic mass is 10.1. The summed E-state index contributed by atoms with van der Waals surface area (Å²) in [6, 6.07) is 2.51. The predicted molar refractivity (Wildman–Crippen MR) is 71.7 cm³/mol. The van der Waals surface area contributed by atoms with E-state index in [1.165, 1.54) is 24.1 Å². The second kappa shape index (κ2) is 6.17. The molecule has 0 amide bonds. The Morgan fingerprint density at radius 3 is 2.42 bits per heavy atom. The molecule has 0 aliphatic carbocycles. The molecule has 0 spiro atoms. The molecule has 0 saturated carbocycles. The number of nitrogens with zero attached hydrogens (tertiary/aromatic N) is 1. The first-order valence-electron chi connectivity index (χ1n) is 5.79. The van der Waals surface area contributed by atoms with Gasteiger partial charge >= 0.3 is 0 Å². The molecule has 1 aromatic rings. The van der Waals surface area contributed by atoms with Crippen molar-refractivity contribution in [3.63, 3.8) is 0 Å². The number of benzene rings is 1. The fraction of sp³-hybridized carbons (Fsp3) is 0.385. The molecule has 1 rings (SSSR count). The molecule has 0 saturated heterocycles. The first-order chi connectivity index (χ1) is 8.90. The van der Waals surface area contributed by atoms with Crippen molar-refractivity contribution in [1.29, 1.82) is 10.8 Å². The molecule has 0 aliphatic heterocycles. The second-order valence-electron chi connectivity index (χ2n) is 4.13. The smallest absolute Gasteiger partial charge is 0.290 e. The van der Waals surface area contributed by atoms with Crippen molar-refractivity contribution in [3.8, 4) is 5.75 Å². The van der Waals surface area contributed by atoms with Crippen molar-refractivity contribution in [3.05, 3.63) is 29.1 Å². The van der Waals surface area contributed by atoms with Crippen LogP contribution in [0.2, 0.25) is 0 Å². The molecule has 0 fully saturated rings. The molecule has 2 N–H and O–H groups in total. The molecule has 0 unspecified atom stereocenters. The Labute approximate surface area is 112 Å². The van der Waals surface area contributed by atoms with Crippen molar-refractivity contribution in [2.75, 3.05) is 21.2 Å². The molecule has 0 bridgehead atoms. The number of ether oxygens (including phenoxy) is 2. The van der Waals surface area contributed by atoms with E-state index in [9.17, 15) is 4.39 Å². The van der Waals surface area contributed by atoms with E-state index in [1.807, 2.05) is 6.92 Å². The summed E-state index contributed by atoms with van der Waals surface area (Å²) in [5.41, 5.74) is 0.694. The van der Waals surface area contributed by atoms with Crippen LogP contribution in [0.1, 0.15) is 18.1 Å². The maximum absolute atomic E-state index is 13.9. The number of rotatable bonds is 3. The van der Waals surface area contributed by atoms with Gasteiger partial charge in [0.2, 0.25) is 5.90 Å². The summed E-state index contributed by atoms with van der Waals surface area (Å²) in [5, 5.41) is 15.2. The van der Waals surface area contributed by atoms with Gasteiger partial charge in [-0.2, -0.15) is 0 Å². The fourth-order valence-corrected chi connectivity index (χ4v) is 1.48. The second-order valence-corrected chi connectivity index (χ2v) is 4.13. The molecule has 6 heteroatoms. The zero-order valence-electron chi connectivity index (χ0n) is 11.5. The van der Waals surface area contributed by atoms with Gasteiger partial charge in [-0.05, 0) is 24.1 Å². The Kier molecular flexibility index (Phi) is 4.86. The predicted octanol–water partition coefficient (Wildman–Crippen LogP) is 2.24. The summed E-state index contributed by atoms with van der Waals surface area (Å²) in [4.78, 5) is 1.38. The zero-order chi connectivity index (χ0) is 14.6. The number of nitrogens with one attached hydrogen (secondary N) is 2. The van der Waals surface area contributed by atoms with E-state index in [0.717, 1.165) is 5.56 Å². The van der Waals surface area contributed by atoms with Gasteiger partial charge in [-0.3, -0.25) is 10.8 Å². The highest BCUT2D eigenvalue weighted by atomic mass is 19.1. The van der Waals surface area contributed by atoms with Gasteiger partial charge in [-0.25, -0.2) is 4.39 Å². The Morgan fingerprint density at radius 2 is 1.95 bits per heavy atom. The third-order valence-electron chi connectivity index (χ3n) is 2.60. The average Bonchev–Trinajstić information content (AvgIpc) is 2.37. The molecular weight excluding hydrogens is 249 g/mol. The average molecular weight is 267 g/mol. The molecule has 104 valence electrons. The van der Waals surface area contributed by atoms with Crippen LogP contribution in [0.25, 0.3) is 0 Å². The Morgan fingerprint density at radius 1 is 1.32 bits per heavy atom. The molecule has 0 aliphatic rings. The van der Waals surface area contributed by atoms with Gasteiger partial charge in [0.15, 0.2) is 0 Å². The van der Waals surface area contributed by atoms with Gasteiger partial charge in [0.1, 0.15) is 11.6 Å². The van der Waals surface area contributed by atoms with Gasteiger partial charge in [0.25, 0.3) is 6.02 Å². The van der Waals surface area contributed by atoms with Crippen LogP contribution in [0.4, 0.5) is 4.39 Å². The van der Waals surface area contributed by atoms with Crippen molar-refractivity contribution < 1.29 is 13.9 Å². The maximum Gasteiger partial charge on any atom is 0.290 e. The summed E-state index contributed by atoms with van der Waals surface area (Å²) >= 11 is 0. The maximum atomic E-state index is 13.9. The third kappa shape index (κ3) is 3.43. The molecule has 0 radical (unpaired) electrons. The van der Waals surface area contributed by atoms with E-state index < -0.39 is 11.7 Å². The Bertz CT molecular complexity index is 501. The third-order valence-corrected chi connectivity index (χ3v) is 2.60. The first kappa shape index (κ1) is 14.9. The topological polar surface area (TPSA) is 69.4 Å². The van der Waals surface area contributed by atoms with Gasteiger partial charge in [0.05, 0.1) is 12.7 Å². The molecular formula is C13H18FN3O2. The lowest BCUT2D eigenvalue weighted by Gasteiger charge is -2.15. The van der Waals surface area contributed by atoms with Gasteiger partial charge in [-0.15, -0.1) is 0 Å². The van der Waals surface area contributed by atoms with Crippen molar-refractivity contribution in [2.24, 2.45) is 0 Å². The normalized spacial score (nSPS) is 9.95. The number of hydrogen-bond donors (Lipinski definition) is 2. The van der Waals surface area contributed by atoms with Crippen LogP contribution in [-0.4, -0.2) is 38.0 Å². The SMILES string of the molecule is CCc1cc(F)c(C(=N)OC(=N)N(C)C)cc1OC. The number of halogens is 1. The van der Waals surface area contributed by atoms with Crippen LogP contribution in [0.3, 0.4) is 0 Å². The molecule has 1 aromatic carbocycles. The Balaban J connectivity index is 3.07. The molecule has 0 heterocycles. The molecule has 0 atom stereocenters. The van der Waals surface area contributed by atoms with Crippen molar-refractivity contribution in [2.45, 2.75) is 13.3 Å². The van der Waals surface area contributed by atoms with E-state index in [4.69, 9.17) is 20.3 Å². The minimum atomic E-state index is -0.561. The molecule has 0 aromatic heterocycles. The summed E-state index contributed by atoms with van der Waals surface area (Å²) < 4.78 is 24.0. The summed E-state index contributed by atoms with van der Waals surface area (Å²) in [6.07, 6.45) is 0.627. The van der Waals surface area contributed by atoms with Gasteiger partial charge < -0.3 is 14.4 Å². The van der Waals surface area contributed by atoms with Crippen LogP contribution >= 0.6 is 0 Å². The van der Waals surface area contributed by atoms with E-state index in [2.05, 4.69) is 0 Å². The lowest BCUT2D eigenvalue weighted by Crippen LogP contribution is -2.26. The minimum absolute atomic E-state index is 0.0272. The quantitative estimate of drug-likeness (QED) is 0.651. The van der Waals surface area contributed by atoms with Gasteiger partial charge in [0, 0.05) is 14.1 Å².